The van der Waals surface area contributed by atoms with Gasteiger partial charge in [-0.1, -0.05) is 30.3 Å². The summed E-state index contributed by atoms with van der Waals surface area (Å²) in [6, 6.07) is 15.2. The molecule has 4 aromatic rings. The minimum absolute atomic E-state index is 0.141. The highest BCUT2D eigenvalue weighted by Gasteiger charge is 2.30. The molecule has 2 aromatic carbocycles. The van der Waals surface area contributed by atoms with Crippen molar-refractivity contribution in [3.05, 3.63) is 86.5 Å². The van der Waals surface area contributed by atoms with E-state index in [9.17, 15) is 19.5 Å². The van der Waals surface area contributed by atoms with Crippen molar-refractivity contribution >= 4 is 34.3 Å². The van der Waals surface area contributed by atoms with E-state index >= 15 is 0 Å². The first kappa shape index (κ1) is 25.2. The van der Waals surface area contributed by atoms with E-state index in [1.165, 1.54) is 11.1 Å². The van der Waals surface area contributed by atoms with E-state index in [-0.39, 0.29) is 24.3 Å². The Morgan fingerprint density at radius 1 is 1.13 bits per heavy atom. The van der Waals surface area contributed by atoms with Gasteiger partial charge in [0.2, 0.25) is 5.43 Å². The van der Waals surface area contributed by atoms with Crippen molar-refractivity contribution < 1.29 is 24.2 Å². The smallest absolute Gasteiger partial charge is 0.407 e. The largest absolute Gasteiger partial charge is 0.494 e. The highest BCUT2D eigenvalue weighted by atomic mass is 32.1. The van der Waals surface area contributed by atoms with Gasteiger partial charge < -0.3 is 24.5 Å². The standard InChI is InChI=1S/C30H28N2O6S/c1-37-28-19(12-13-20-26(28)32(18-10-11-18)15-22(27(20)33)29(34)35)25-14-21-23(8-5-9-24(21)39-25)31-30(36)38-16-17-6-3-2-4-7-17/h2-4,6-7,12-15,18,23H,5,8-11,16H2,1H3,(H,31,36)(H,34,35). The summed E-state index contributed by atoms with van der Waals surface area (Å²) in [6.07, 6.45) is 5.54. The Bertz CT molecular complexity index is 1640. The van der Waals surface area contributed by atoms with Crippen LogP contribution in [0.3, 0.4) is 0 Å². The van der Waals surface area contributed by atoms with Crippen LogP contribution in [0.4, 0.5) is 4.79 Å². The van der Waals surface area contributed by atoms with Crippen LogP contribution >= 0.6 is 11.3 Å². The monoisotopic (exact) mass is 544 g/mol. The number of benzene rings is 2. The van der Waals surface area contributed by atoms with Gasteiger partial charge in [0.05, 0.1) is 24.1 Å². The highest BCUT2D eigenvalue weighted by molar-refractivity contribution is 7.15. The summed E-state index contributed by atoms with van der Waals surface area (Å²) in [5, 5.41) is 13.0. The first-order valence-electron chi connectivity index (χ1n) is 13.0. The van der Waals surface area contributed by atoms with Gasteiger partial charge in [0.1, 0.15) is 12.2 Å². The summed E-state index contributed by atoms with van der Waals surface area (Å²) in [7, 11) is 1.58. The van der Waals surface area contributed by atoms with E-state index < -0.39 is 17.5 Å². The normalized spacial score (nSPS) is 16.5. The second-order valence-corrected chi connectivity index (χ2v) is 11.1. The summed E-state index contributed by atoms with van der Waals surface area (Å²) in [4.78, 5) is 39.6. The topological polar surface area (TPSA) is 107 Å². The number of amides is 1. The zero-order chi connectivity index (χ0) is 27.1. The maximum Gasteiger partial charge on any atom is 0.407 e. The Morgan fingerprint density at radius 2 is 1.92 bits per heavy atom. The first-order valence-corrected chi connectivity index (χ1v) is 13.9. The Hall–Kier alpha value is -4.11. The second kappa shape index (κ2) is 10.2. The molecule has 0 aliphatic heterocycles. The summed E-state index contributed by atoms with van der Waals surface area (Å²) in [5.41, 5.74) is 2.72. The summed E-state index contributed by atoms with van der Waals surface area (Å²) >= 11 is 1.66. The molecule has 8 nitrogen and oxygen atoms in total. The second-order valence-electron chi connectivity index (χ2n) is 10.00. The lowest BCUT2D eigenvalue weighted by atomic mass is 9.93. The fraction of sp³-hybridized carbons (Fsp3) is 0.300. The molecule has 2 aromatic heterocycles. The average Bonchev–Trinajstić information content (AvgIpc) is 3.69. The lowest BCUT2D eigenvalue weighted by Gasteiger charge is -2.23. The molecular weight excluding hydrogens is 516 g/mol. The number of fused-ring (bicyclic) bond motifs is 2. The summed E-state index contributed by atoms with van der Waals surface area (Å²) < 4.78 is 13.2. The lowest BCUT2D eigenvalue weighted by Crippen LogP contribution is -2.30. The van der Waals surface area contributed by atoms with Gasteiger partial charge in [-0.2, -0.15) is 0 Å². The molecule has 0 spiro atoms. The van der Waals surface area contributed by atoms with Crippen molar-refractivity contribution in [1.29, 1.82) is 0 Å². The fourth-order valence-corrected chi connectivity index (χ4v) is 6.64. The van der Waals surface area contributed by atoms with E-state index in [0.29, 0.717) is 16.7 Å². The molecule has 0 bridgehead atoms. The van der Waals surface area contributed by atoms with E-state index in [2.05, 4.69) is 11.4 Å². The molecule has 9 heteroatoms. The van der Waals surface area contributed by atoms with Crippen molar-refractivity contribution in [3.8, 4) is 16.2 Å². The number of hydrogen-bond acceptors (Lipinski definition) is 6. The third kappa shape index (κ3) is 4.78. The number of carboxylic acid groups (broad SMARTS) is 1. The molecule has 39 heavy (non-hydrogen) atoms. The minimum Gasteiger partial charge on any atom is -0.494 e. The van der Waals surface area contributed by atoms with Crippen LogP contribution in [-0.4, -0.2) is 28.8 Å². The summed E-state index contributed by atoms with van der Waals surface area (Å²) in [6.45, 7) is 0.210. The zero-order valence-corrected chi connectivity index (χ0v) is 22.3. The zero-order valence-electron chi connectivity index (χ0n) is 21.4. The number of alkyl carbamates (subject to hydrolysis) is 1. The van der Waals surface area contributed by atoms with E-state index in [1.54, 1.807) is 24.5 Å². The number of carboxylic acids is 1. The average molecular weight is 545 g/mol. The van der Waals surface area contributed by atoms with Gasteiger partial charge >= 0.3 is 12.1 Å². The van der Waals surface area contributed by atoms with Crippen LogP contribution in [0, 0.1) is 0 Å². The van der Waals surface area contributed by atoms with Gasteiger partial charge in [0, 0.05) is 27.6 Å². The molecule has 2 aliphatic rings. The number of rotatable bonds is 7. The van der Waals surface area contributed by atoms with E-state index in [4.69, 9.17) is 9.47 Å². The molecule has 0 radical (unpaired) electrons. The molecule has 1 atom stereocenters. The van der Waals surface area contributed by atoms with E-state index in [1.807, 2.05) is 41.0 Å². The number of aromatic carboxylic acids is 1. The fourth-order valence-electron chi connectivity index (χ4n) is 5.36. The van der Waals surface area contributed by atoms with Crippen LogP contribution in [0.15, 0.2) is 59.5 Å². The van der Waals surface area contributed by atoms with Gasteiger partial charge in [0.15, 0.2) is 5.75 Å². The number of carbonyl (C=O) groups is 2. The van der Waals surface area contributed by atoms with Crippen molar-refractivity contribution in [2.75, 3.05) is 7.11 Å². The number of aromatic nitrogens is 1. The van der Waals surface area contributed by atoms with Crippen LogP contribution < -0.4 is 15.5 Å². The SMILES string of the molecule is COc1c(-c2cc3c(s2)CCCC3NC(=O)OCc2ccccc2)ccc2c(=O)c(C(=O)O)cn(C3CC3)c12. The number of carbonyl (C=O) groups excluding carboxylic acids is 1. The molecule has 1 fully saturated rings. The number of nitrogens with one attached hydrogen (secondary N) is 1. The molecule has 2 heterocycles. The van der Waals surface area contributed by atoms with E-state index in [0.717, 1.165) is 53.7 Å². The third-order valence-electron chi connectivity index (χ3n) is 7.41. The van der Waals surface area contributed by atoms with Crippen molar-refractivity contribution in [2.45, 2.75) is 50.8 Å². The number of aryl methyl sites for hydroxylation is 1. The van der Waals surface area contributed by atoms with Crippen molar-refractivity contribution in [2.24, 2.45) is 0 Å². The van der Waals surface area contributed by atoms with Gasteiger partial charge in [-0.3, -0.25) is 4.79 Å². The molecule has 2 N–H and O–H groups in total. The quantitative estimate of drug-likeness (QED) is 0.292. The Balaban J connectivity index is 1.34. The molecule has 1 saturated carbocycles. The molecule has 2 aliphatic carbocycles. The highest BCUT2D eigenvalue weighted by Crippen LogP contribution is 2.46. The van der Waals surface area contributed by atoms with Crippen LogP contribution in [0.2, 0.25) is 0 Å². The van der Waals surface area contributed by atoms with Gasteiger partial charge in [0.25, 0.3) is 0 Å². The predicted molar refractivity (Wildman–Crippen MR) is 149 cm³/mol. The molecule has 200 valence electrons. The predicted octanol–water partition coefficient (Wildman–Crippen LogP) is 6.08. The summed E-state index contributed by atoms with van der Waals surface area (Å²) in [5.74, 6) is -0.676. The molecule has 6 rings (SSSR count). The Morgan fingerprint density at radius 3 is 2.64 bits per heavy atom. The van der Waals surface area contributed by atoms with Crippen molar-refractivity contribution in [3.63, 3.8) is 0 Å². The number of thiophene rings is 1. The number of nitrogens with zero attached hydrogens (tertiary/aromatic N) is 1. The van der Waals surface area contributed by atoms with Crippen LogP contribution in [0.1, 0.15) is 64.1 Å². The number of hydrogen-bond donors (Lipinski definition) is 2. The lowest BCUT2D eigenvalue weighted by molar-refractivity contribution is 0.0694. The van der Waals surface area contributed by atoms with Gasteiger partial charge in [-0.05, 0) is 61.4 Å². The Kier molecular flexibility index (Phi) is 6.60. The van der Waals surface area contributed by atoms with Gasteiger partial charge in [-0.25, -0.2) is 9.59 Å². The minimum atomic E-state index is -1.23. The van der Waals surface area contributed by atoms with Gasteiger partial charge in [-0.15, -0.1) is 11.3 Å². The maximum absolute atomic E-state index is 13.0. The molecular formula is C30H28N2O6S. The molecule has 1 amide bonds. The third-order valence-corrected chi connectivity index (χ3v) is 8.65. The van der Waals surface area contributed by atoms with Crippen LogP contribution in [0.5, 0.6) is 5.75 Å². The molecule has 1 unspecified atom stereocenters. The maximum atomic E-state index is 13.0. The first-order chi connectivity index (χ1) is 18.9. The molecule has 0 saturated heterocycles. The number of ether oxygens (including phenoxy) is 2. The number of pyridine rings is 1. The van der Waals surface area contributed by atoms with Crippen LogP contribution in [-0.2, 0) is 17.8 Å². The Labute approximate surface area is 228 Å². The number of methoxy groups -OCH3 is 1. The van der Waals surface area contributed by atoms with Crippen molar-refractivity contribution in [1.82, 2.24) is 9.88 Å². The van der Waals surface area contributed by atoms with Crippen LogP contribution in [0.25, 0.3) is 21.3 Å².